The van der Waals surface area contributed by atoms with Gasteiger partial charge in [0.2, 0.25) is 0 Å². The second-order valence-corrected chi connectivity index (χ2v) is 4.63. The van der Waals surface area contributed by atoms with E-state index in [2.05, 4.69) is 28.7 Å². The zero-order chi connectivity index (χ0) is 12.8. The standard InChI is InChI=1S/C13H20ClN3/c1-5-15-7-11-6-13(16-8-12(11)14)17(4)9-10(2)3/h6,8,15H,2,5,7,9H2,1,3-4H3. The van der Waals surface area contributed by atoms with Crippen molar-refractivity contribution in [1.29, 1.82) is 0 Å². The lowest BCUT2D eigenvalue weighted by molar-refractivity contribution is 0.725. The molecule has 0 fully saturated rings. The van der Waals surface area contributed by atoms with Crippen LogP contribution in [0.5, 0.6) is 0 Å². The molecule has 0 saturated carbocycles. The van der Waals surface area contributed by atoms with Gasteiger partial charge in [0.15, 0.2) is 0 Å². The van der Waals surface area contributed by atoms with E-state index < -0.39 is 0 Å². The van der Waals surface area contributed by atoms with E-state index >= 15 is 0 Å². The summed E-state index contributed by atoms with van der Waals surface area (Å²) in [6.45, 7) is 10.5. The highest BCUT2D eigenvalue weighted by Crippen LogP contribution is 2.20. The number of anilines is 1. The fourth-order valence-electron chi connectivity index (χ4n) is 1.56. The second kappa shape index (κ2) is 6.62. The summed E-state index contributed by atoms with van der Waals surface area (Å²) in [6.07, 6.45) is 1.71. The van der Waals surface area contributed by atoms with E-state index in [1.807, 2.05) is 20.0 Å². The van der Waals surface area contributed by atoms with Crippen molar-refractivity contribution >= 4 is 17.4 Å². The van der Waals surface area contributed by atoms with Gasteiger partial charge >= 0.3 is 0 Å². The molecule has 1 heterocycles. The Hall–Kier alpha value is -1.06. The molecule has 0 aromatic carbocycles. The van der Waals surface area contributed by atoms with E-state index in [4.69, 9.17) is 11.6 Å². The molecule has 1 rings (SSSR count). The Bertz CT molecular complexity index is 390. The third kappa shape index (κ3) is 4.36. The van der Waals surface area contributed by atoms with Crippen LogP contribution in [0.4, 0.5) is 5.82 Å². The normalized spacial score (nSPS) is 10.4. The van der Waals surface area contributed by atoms with E-state index in [1.165, 1.54) is 0 Å². The van der Waals surface area contributed by atoms with Crippen molar-refractivity contribution in [3.8, 4) is 0 Å². The number of hydrogen-bond donors (Lipinski definition) is 1. The largest absolute Gasteiger partial charge is 0.356 e. The molecule has 0 aliphatic rings. The predicted octanol–water partition coefficient (Wildman–Crippen LogP) is 2.86. The topological polar surface area (TPSA) is 28.2 Å². The molecular formula is C13H20ClN3. The van der Waals surface area contributed by atoms with E-state index in [1.54, 1.807) is 6.20 Å². The molecule has 0 spiro atoms. The molecule has 17 heavy (non-hydrogen) atoms. The van der Waals surface area contributed by atoms with Gasteiger partial charge in [-0.3, -0.25) is 0 Å². The quantitative estimate of drug-likeness (QED) is 0.791. The summed E-state index contributed by atoms with van der Waals surface area (Å²) in [5, 5.41) is 3.97. The van der Waals surface area contributed by atoms with Gasteiger partial charge in [-0.2, -0.15) is 0 Å². The zero-order valence-electron chi connectivity index (χ0n) is 10.8. The molecule has 1 N–H and O–H groups in total. The Morgan fingerprint density at radius 2 is 2.29 bits per heavy atom. The van der Waals surface area contributed by atoms with Gasteiger partial charge < -0.3 is 10.2 Å². The Morgan fingerprint density at radius 1 is 1.59 bits per heavy atom. The third-order valence-electron chi connectivity index (χ3n) is 2.38. The molecule has 0 amide bonds. The maximum Gasteiger partial charge on any atom is 0.128 e. The first-order valence-electron chi connectivity index (χ1n) is 5.75. The first-order chi connectivity index (χ1) is 8.04. The monoisotopic (exact) mass is 253 g/mol. The SMILES string of the molecule is C=C(C)CN(C)c1cc(CNCC)c(Cl)cn1. The molecule has 0 aliphatic heterocycles. The number of aromatic nitrogens is 1. The van der Waals surface area contributed by atoms with Crippen LogP contribution in [0, 0.1) is 0 Å². The number of likely N-dealkylation sites (N-methyl/N-ethyl adjacent to an activating group) is 1. The summed E-state index contributed by atoms with van der Waals surface area (Å²) >= 11 is 6.10. The summed E-state index contributed by atoms with van der Waals surface area (Å²) in [4.78, 5) is 6.39. The van der Waals surface area contributed by atoms with Crippen LogP contribution in [-0.2, 0) is 6.54 Å². The van der Waals surface area contributed by atoms with Crippen molar-refractivity contribution < 1.29 is 0 Å². The fourth-order valence-corrected chi connectivity index (χ4v) is 1.73. The molecule has 1 aromatic heterocycles. The minimum Gasteiger partial charge on any atom is -0.356 e. The molecule has 0 atom stereocenters. The second-order valence-electron chi connectivity index (χ2n) is 4.23. The number of hydrogen-bond acceptors (Lipinski definition) is 3. The summed E-state index contributed by atoms with van der Waals surface area (Å²) in [5.74, 6) is 0.922. The molecule has 0 bridgehead atoms. The van der Waals surface area contributed by atoms with E-state index in [0.717, 1.165) is 36.6 Å². The Kier molecular flexibility index (Phi) is 5.45. The van der Waals surface area contributed by atoms with Crippen molar-refractivity contribution in [2.24, 2.45) is 0 Å². The van der Waals surface area contributed by atoms with Crippen molar-refractivity contribution in [2.75, 3.05) is 25.0 Å². The Morgan fingerprint density at radius 3 is 2.88 bits per heavy atom. The lowest BCUT2D eigenvalue weighted by atomic mass is 10.2. The van der Waals surface area contributed by atoms with Crippen molar-refractivity contribution in [3.63, 3.8) is 0 Å². The number of nitrogens with one attached hydrogen (secondary N) is 1. The van der Waals surface area contributed by atoms with Crippen LogP contribution in [0.3, 0.4) is 0 Å². The van der Waals surface area contributed by atoms with Crippen LogP contribution in [0.1, 0.15) is 19.4 Å². The van der Waals surface area contributed by atoms with Crippen molar-refractivity contribution in [1.82, 2.24) is 10.3 Å². The van der Waals surface area contributed by atoms with Gasteiger partial charge in [-0.25, -0.2) is 4.98 Å². The highest BCUT2D eigenvalue weighted by molar-refractivity contribution is 6.31. The van der Waals surface area contributed by atoms with Gasteiger partial charge in [-0.15, -0.1) is 0 Å². The Balaban J connectivity index is 2.83. The molecule has 0 aliphatic carbocycles. The summed E-state index contributed by atoms with van der Waals surface area (Å²) in [5.41, 5.74) is 2.18. The van der Waals surface area contributed by atoms with Crippen LogP contribution in [0.2, 0.25) is 5.02 Å². The first kappa shape index (κ1) is 14.0. The Labute approximate surface area is 108 Å². The number of nitrogens with zero attached hydrogens (tertiary/aromatic N) is 2. The van der Waals surface area contributed by atoms with Crippen LogP contribution in [0.15, 0.2) is 24.4 Å². The average molecular weight is 254 g/mol. The smallest absolute Gasteiger partial charge is 0.128 e. The molecule has 4 heteroatoms. The molecule has 1 aromatic rings. The number of pyridine rings is 1. The first-order valence-corrected chi connectivity index (χ1v) is 6.13. The van der Waals surface area contributed by atoms with Gasteiger partial charge in [0, 0.05) is 26.3 Å². The van der Waals surface area contributed by atoms with Gasteiger partial charge in [-0.05, 0) is 25.1 Å². The molecule has 0 unspecified atom stereocenters. The van der Waals surface area contributed by atoms with Crippen LogP contribution >= 0.6 is 11.6 Å². The summed E-state index contributed by atoms with van der Waals surface area (Å²) in [6, 6.07) is 2.02. The lowest BCUT2D eigenvalue weighted by Gasteiger charge is -2.19. The minimum atomic E-state index is 0.707. The van der Waals surface area contributed by atoms with Gasteiger partial charge in [0.25, 0.3) is 0 Å². The van der Waals surface area contributed by atoms with E-state index in [-0.39, 0.29) is 0 Å². The minimum absolute atomic E-state index is 0.707. The van der Waals surface area contributed by atoms with E-state index in [0.29, 0.717) is 5.02 Å². The number of halogens is 1. The summed E-state index contributed by atoms with van der Waals surface area (Å²) in [7, 11) is 2.00. The predicted molar refractivity (Wildman–Crippen MR) is 74.7 cm³/mol. The van der Waals surface area contributed by atoms with Crippen LogP contribution < -0.4 is 10.2 Å². The van der Waals surface area contributed by atoms with Crippen molar-refractivity contribution in [3.05, 3.63) is 35.0 Å². The maximum atomic E-state index is 6.10. The zero-order valence-corrected chi connectivity index (χ0v) is 11.5. The number of rotatable bonds is 6. The van der Waals surface area contributed by atoms with E-state index in [9.17, 15) is 0 Å². The molecule has 3 nitrogen and oxygen atoms in total. The average Bonchev–Trinajstić information content (AvgIpc) is 2.27. The molecular weight excluding hydrogens is 234 g/mol. The highest BCUT2D eigenvalue weighted by Gasteiger charge is 2.06. The molecule has 94 valence electrons. The maximum absolute atomic E-state index is 6.10. The van der Waals surface area contributed by atoms with Gasteiger partial charge in [0.1, 0.15) is 5.82 Å². The lowest BCUT2D eigenvalue weighted by Crippen LogP contribution is -2.21. The fraction of sp³-hybridized carbons (Fsp3) is 0.462. The van der Waals surface area contributed by atoms with Gasteiger partial charge in [0.05, 0.1) is 5.02 Å². The van der Waals surface area contributed by atoms with Crippen LogP contribution in [-0.4, -0.2) is 25.1 Å². The molecule has 0 saturated heterocycles. The van der Waals surface area contributed by atoms with Crippen molar-refractivity contribution in [2.45, 2.75) is 20.4 Å². The summed E-state index contributed by atoms with van der Waals surface area (Å²) < 4.78 is 0. The third-order valence-corrected chi connectivity index (χ3v) is 2.72. The molecule has 0 radical (unpaired) electrons. The highest BCUT2D eigenvalue weighted by atomic mass is 35.5. The van der Waals surface area contributed by atoms with Crippen LogP contribution in [0.25, 0.3) is 0 Å². The van der Waals surface area contributed by atoms with Gasteiger partial charge in [-0.1, -0.05) is 30.7 Å².